The lowest BCUT2D eigenvalue weighted by Crippen LogP contribution is -2.41. The van der Waals surface area contributed by atoms with Crippen molar-refractivity contribution in [3.05, 3.63) is 57.8 Å². The van der Waals surface area contributed by atoms with Crippen molar-refractivity contribution >= 4 is 50.7 Å². The van der Waals surface area contributed by atoms with Crippen molar-refractivity contribution in [2.75, 3.05) is 25.5 Å². The van der Waals surface area contributed by atoms with Crippen LogP contribution in [0.4, 0.5) is 10.2 Å². The third-order valence-electron chi connectivity index (χ3n) is 5.38. The van der Waals surface area contributed by atoms with Crippen LogP contribution in [0.1, 0.15) is 28.1 Å². The maximum absolute atomic E-state index is 14.4. The molecule has 1 N–H and O–H groups in total. The van der Waals surface area contributed by atoms with Crippen molar-refractivity contribution in [3.63, 3.8) is 0 Å². The predicted octanol–water partition coefficient (Wildman–Crippen LogP) is 4.73. The number of methoxy groups -OCH3 is 1. The molecular weight excluding hydrogens is 441 g/mol. The van der Waals surface area contributed by atoms with Gasteiger partial charge in [-0.25, -0.2) is 9.37 Å². The number of halogens is 2. The van der Waals surface area contributed by atoms with E-state index in [0.717, 1.165) is 4.70 Å². The number of piperidine rings is 1. The Morgan fingerprint density at radius 2 is 2.06 bits per heavy atom. The molecule has 4 rings (SSSR count). The lowest BCUT2D eigenvalue weighted by atomic mass is 9.95. The first kappa shape index (κ1) is 21.7. The summed E-state index contributed by atoms with van der Waals surface area (Å²) >= 11 is 7.10. The largest absolute Gasteiger partial charge is 0.380 e. The van der Waals surface area contributed by atoms with Gasteiger partial charge in [0.1, 0.15) is 11.6 Å². The van der Waals surface area contributed by atoms with Gasteiger partial charge in [-0.3, -0.25) is 9.59 Å². The van der Waals surface area contributed by atoms with Gasteiger partial charge in [0.25, 0.3) is 5.91 Å². The molecule has 0 unspecified atom stereocenters. The number of ether oxygens (including phenoxy) is 1. The maximum Gasteiger partial charge on any atom is 0.264 e. The first-order valence-corrected chi connectivity index (χ1v) is 11.1. The summed E-state index contributed by atoms with van der Waals surface area (Å²) in [5, 5.41) is 3.74. The molecule has 9 heteroatoms. The lowest BCUT2D eigenvalue weighted by Gasteiger charge is -2.31. The molecular formula is C22H21ClFN3O3S. The number of aromatic nitrogens is 1. The monoisotopic (exact) mass is 461 g/mol. The number of carbonyl (C=O) groups is 2. The Bertz CT molecular complexity index is 1110. The van der Waals surface area contributed by atoms with Crippen molar-refractivity contribution in [1.29, 1.82) is 0 Å². The summed E-state index contributed by atoms with van der Waals surface area (Å²) in [7, 11) is 1.53. The summed E-state index contributed by atoms with van der Waals surface area (Å²) in [5.74, 6) is -0.382. The van der Waals surface area contributed by atoms with Crippen LogP contribution >= 0.6 is 22.9 Å². The molecule has 1 aliphatic heterocycles. The van der Waals surface area contributed by atoms with Crippen LogP contribution < -0.4 is 5.32 Å². The average Bonchev–Trinajstić information content (AvgIpc) is 3.15. The number of hydrogen-bond acceptors (Lipinski definition) is 5. The molecule has 0 radical (unpaired) electrons. The van der Waals surface area contributed by atoms with E-state index >= 15 is 0 Å². The molecule has 3 heterocycles. The molecule has 162 valence electrons. The van der Waals surface area contributed by atoms with Gasteiger partial charge in [0.2, 0.25) is 5.91 Å². The molecule has 1 aliphatic rings. The van der Waals surface area contributed by atoms with E-state index in [4.69, 9.17) is 16.3 Å². The Morgan fingerprint density at radius 3 is 2.74 bits per heavy atom. The number of nitrogens with zero attached hydrogens (tertiary/aromatic N) is 2. The second-order valence-corrected chi connectivity index (χ2v) is 8.86. The molecule has 2 aromatic heterocycles. The maximum atomic E-state index is 14.4. The van der Waals surface area contributed by atoms with E-state index in [1.165, 1.54) is 30.7 Å². The number of rotatable bonds is 5. The summed E-state index contributed by atoms with van der Waals surface area (Å²) in [6, 6.07) is 8.15. The molecule has 0 bridgehead atoms. The van der Waals surface area contributed by atoms with Gasteiger partial charge in [-0.2, -0.15) is 0 Å². The molecule has 0 saturated carbocycles. The lowest BCUT2D eigenvalue weighted by molar-refractivity contribution is -0.121. The zero-order valence-corrected chi connectivity index (χ0v) is 18.4. The predicted molar refractivity (Wildman–Crippen MR) is 119 cm³/mol. The molecule has 31 heavy (non-hydrogen) atoms. The Kier molecular flexibility index (Phi) is 6.50. The number of amides is 2. The van der Waals surface area contributed by atoms with Crippen LogP contribution in [0.5, 0.6) is 0 Å². The van der Waals surface area contributed by atoms with E-state index in [1.807, 2.05) is 0 Å². The average molecular weight is 462 g/mol. The fourth-order valence-electron chi connectivity index (χ4n) is 3.79. The van der Waals surface area contributed by atoms with Gasteiger partial charge < -0.3 is 15.0 Å². The van der Waals surface area contributed by atoms with Gasteiger partial charge in [0.15, 0.2) is 0 Å². The zero-order chi connectivity index (χ0) is 22.0. The first-order valence-electron chi connectivity index (χ1n) is 9.88. The van der Waals surface area contributed by atoms with Gasteiger partial charge in [-0.15, -0.1) is 11.3 Å². The minimum Gasteiger partial charge on any atom is -0.380 e. The van der Waals surface area contributed by atoms with Gasteiger partial charge in [-0.05, 0) is 37.1 Å². The standard InChI is InChI=1S/C22H21ClFN3O3S/c1-30-12-15-19-16(24)3-2-4-17(19)31-20(15)22(29)27-9-7-13(8-10-27)21(28)26-18-6-5-14(23)11-25-18/h2-6,11,13H,7-10,12H2,1H3,(H,25,26,28). The molecule has 0 atom stereocenters. The van der Waals surface area contributed by atoms with Crippen molar-refractivity contribution in [1.82, 2.24) is 9.88 Å². The van der Waals surface area contributed by atoms with Gasteiger partial charge in [-0.1, -0.05) is 17.7 Å². The van der Waals surface area contributed by atoms with E-state index in [0.29, 0.717) is 52.6 Å². The third-order valence-corrected chi connectivity index (χ3v) is 6.79. The molecule has 0 aliphatic carbocycles. The van der Waals surface area contributed by atoms with Crippen molar-refractivity contribution < 1.29 is 18.7 Å². The SMILES string of the molecule is COCc1c(C(=O)N2CCC(C(=O)Nc3ccc(Cl)cn3)CC2)sc2cccc(F)c12. The molecule has 6 nitrogen and oxygen atoms in total. The van der Waals surface area contributed by atoms with Gasteiger partial charge >= 0.3 is 0 Å². The summed E-state index contributed by atoms with van der Waals surface area (Å²) in [6.07, 6.45) is 2.57. The molecule has 1 saturated heterocycles. The minimum atomic E-state index is -0.356. The van der Waals surface area contributed by atoms with E-state index in [9.17, 15) is 14.0 Å². The summed E-state index contributed by atoms with van der Waals surface area (Å²) in [6.45, 7) is 1.07. The quantitative estimate of drug-likeness (QED) is 0.596. The number of fused-ring (bicyclic) bond motifs is 1. The number of thiophene rings is 1. The molecule has 2 amide bonds. The van der Waals surface area contributed by atoms with Crippen LogP contribution in [-0.2, 0) is 16.1 Å². The topological polar surface area (TPSA) is 71.5 Å². The zero-order valence-electron chi connectivity index (χ0n) is 16.9. The van der Waals surface area contributed by atoms with Crippen molar-refractivity contribution in [2.24, 2.45) is 5.92 Å². The van der Waals surface area contributed by atoms with Crippen LogP contribution in [0.25, 0.3) is 10.1 Å². The second kappa shape index (κ2) is 9.30. The molecule has 0 spiro atoms. The Morgan fingerprint density at radius 1 is 1.29 bits per heavy atom. The summed E-state index contributed by atoms with van der Waals surface area (Å²) < 4.78 is 20.4. The third kappa shape index (κ3) is 4.56. The number of hydrogen-bond donors (Lipinski definition) is 1. The summed E-state index contributed by atoms with van der Waals surface area (Å²) in [4.78, 5) is 32.1. The molecule has 3 aromatic rings. The van der Waals surface area contributed by atoms with Crippen molar-refractivity contribution in [3.8, 4) is 0 Å². The fraction of sp³-hybridized carbons (Fsp3) is 0.318. The highest BCUT2D eigenvalue weighted by Gasteiger charge is 2.30. The van der Waals surface area contributed by atoms with Crippen LogP contribution in [0.15, 0.2) is 36.5 Å². The number of nitrogens with one attached hydrogen (secondary N) is 1. The van der Waals surface area contributed by atoms with E-state index < -0.39 is 0 Å². The normalized spacial score (nSPS) is 14.7. The fourth-order valence-corrected chi connectivity index (χ4v) is 5.09. The van der Waals surface area contributed by atoms with E-state index in [1.54, 1.807) is 29.2 Å². The van der Waals surface area contributed by atoms with E-state index in [-0.39, 0.29) is 30.2 Å². The minimum absolute atomic E-state index is 0.120. The molecule has 1 aromatic carbocycles. The van der Waals surface area contributed by atoms with Crippen LogP contribution in [0.2, 0.25) is 5.02 Å². The Labute approximate surface area is 188 Å². The van der Waals surface area contributed by atoms with Crippen LogP contribution in [-0.4, -0.2) is 41.9 Å². The Hall–Kier alpha value is -2.55. The van der Waals surface area contributed by atoms with Crippen molar-refractivity contribution in [2.45, 2.75) is 19.4 Å². The first-order chi connectivity index (χ1) is 15.0. The van der Waals surface area contributed by atoms with Crippen LogP contribution in [0.3, 0.4) is 0 Å². The highest BCUT2D eigenvalue weighted by molar-refractivity contribution is 7.21. The number of benzene rings is 1. The van der Waals surface area contributed by atoms with Crippen LogP contribution in [0, 0.1) is 11.7 Å². The number of carbonyl (C=O) groups excluding carboxylic acids is 2. The Balaban J connectivity index is 1.45. The number of pyridine rings is 1. The van der Waals surface area contributed by atoms with Gasteiger partial charge in [0, 0.05) is 48.0 Å². The van der Waals surface area contributed by atoms with Gasteiger partial charge in [0.05, 0.1) is 16.5 Å². The molecule has 1 fully saturated rings. The highest BCUT2D eigenvalue weighted by atomic mass is 35.5. The summed E-state index contributed by atoms with van der Waals surface area (Å²) in [5.41, 5.74) is 0.583. The number of likely N-dealkylation sites (tertiary alicyclic amines) is 1. The smallest absolute Gasteiger partial charge is 0.264 e. The highest BCUT2D eigenvalue weighted by Crippen LogP contribution is 2.35. The second-order valence-electron chi connectivity index (χ2n) is 7.37. The van der Waals surface area contributed by atoms with E-state index in [2.05, 4.69) is 10.3 Å². The number of anilines is 1.